The van der Waals surface area contributed by atoms with Gasteiger partial charge in [0, 0.05) is 12.4 Å². The van der Waals surface area contributed by atoms with E-state index in [0.29, 0.717) is 24.2 Å². The predicted octanol–water partition coefficient (Wildman–Crippen LogP) is 1.28. The molecule has 0 saturated carbocycles. The van der Waals surface area contributed by atoms with E-state index in [1.807, 2.05) is 0 Å². The summed E-state index contributed by atoms with van der Waals surface area (Å²) in [5.74, 6) is 1.65. The summed E-state index contributed by atoms with van der Waals surface area (Å²) >= 11 is 0. The summed E-state index contributed by atoms with van der Waals surface area (Å²) in [5.41, 5.74) is 0. The maximum absolute atomic E-state index is 5.44. The fourth-order valence-electron chi connectivity index (χ4n) is 1.26. The van der Waals surface area contributed by atoms with Crippen LogP contribution in [0.5, 0.6) is 0 Å². The molecule has 1 atom stereocenters. The maximum Gasteiger partial charge on any atom is 0.255 e. The van der Waals surface area contributed by atoms with E-state index >= 15 is 0 Å². The maximum atomic E-state index is 5.44. The van der Waals surface area contributed by atoms with Crippen molar-refractivity contribution >= 4 is 5.90 Å². The number of ether oxygens (including phenoxy) is 1. The SMILES string of the molecule is CC(C)[C@H]1COC(c2ncccn2)=N1. The number of nitrogens with zero attached hydrogens (tertiary/aromatic N) is 3. The first kappa shape index (κ1) is 9.12. The summed E-state index contributed by atoms with van der Waals surface area (Å²) in [4.78, 5) is 12.6. The molecule has 0 unspecified atom stereocenters. The highest BCUT2D eigenvalue weighted by Gasteiger charge is 2.23. The van der Waals surface area contributed by atoms with E-state index in [1.54, 1.807) is 18.5 Å². The Morgan fingerprint density at radius 1 is 1.36 bits per heavy atom. The van der Waals surface area contributed by atoms with Crippen LogP contribution in [0.1, 0.15) is 19.7 Å². The van der Waals surface area contributed by atoms with Gasteiger partial charge in [0.2, 0.25) is 5.82 Å². The first-order valence-electron chi connectivity index (χ1n) is 4.75. The van der Waals surface area contributed by atoms with Crippen molar-refractivity contribution in [3.8, 4) is 0 Å². The normalized spacial score (nSPS) is 20.8. The van der Waals surface area contributed by atoms with Crippen LogP contribution in [-0.2, 0) is 4.74 Å². The molecule has 4 heteroatoms. The van der Waals surface area contributed by atoms with Crippen molar-refractivity contribution in [3.05, 3.63) is 24.3 Å². The number of aromatic nitrogens is 2. The lowest BCUT2D eigenvalue weighted by Crippen LogP contribution is -2.13. The third kappa shape index (κ3) is 1.73. The smallest absolute Gasteiger partial charge is 0.255 e. The molecule has 0 radical (unpaired) electrons. The van der Waals surface area contributed by atoms with E-state index in [4.69, 9.17) is 4.74 Å². The van der Waals surface area contributed by atoms with Crippen LogP contribution in [0.15, 0.2) is 23.5 Å². The van der Waals surface area contributed by atoms with Gasteiger partial charge in [-0.25, -0.2) is 15.0 Å². The Hall–Kier alpha value is -1.45. The van der Waals surface area contributed by atoms with Crippen molar-refractivity contribution in [1.82, 2.24) is 9.97 Å². The lowest BCUT2D eigenvalue weighted by Gasteiger charge is -2.06. The Bertz CT molecular complexity index is 334. The van der Waals surface area contributed by atoms with Crippen LogP contribution in [0.4, 0.5) is 0 Å². The molecular weight excluding hydrogens is 178 g/mol. The molecule has 2 rings (SSSR count). The average Bonchev–Trinajstić information content (AvgIpc) is 2.68. The molecule has 0 aliphatic carbocycles. The van der Waals surface area contributed by atoms with Gasteiger partial charge in [-0.2, -0.15) is 0 Å². The zero-order valence-corrected chi connectivity index (χ0v) is 8.34. The Morgan fingerprint density at radius 2 is 2.07 bits per heavy atom. The number of hydrogen-bond acceptors (Lipinski definition) is 4. The molecule has 4 nitrogen and oxygen atoms in total. The van der Waals surface area contributed by atoms with Gasteiger partial charge in [-0.1, -0.05) is 13.8 Å². The lowest BCUT2D eigenvalue weighted by atomic mass is 10.1. The van der Waals surface area contributed by atoms with E-state index in [1.165, 1.54) is 0 Å². The van der Waals surface area contributed by atoms with Crippen LogP contribution in [-0.4, -0.2) is 28.5 Å². The second kappa shape index (κ2) is 3.74. The van der Waals surface area contributed by atoms with Crippen molar-refractivity contribution in [2.75, 3.05) is 6.61 Å². The van der Waals surface area contributed by atoms with Crippen LogP contribution in [0.3, 0.4) is 0 Å². The quantitative estimate of drug-likeness (QED) is 0.707. The Balaban J connectivity index is 2.18. The van der Waals surface area contributed by atoms with Gasteiger partial charge in [0.1, 0.15) is 6.61 Å². The molecule has 1 aromatic rings. The van der Waals surface area contributed by atoms with Crippen molar-refractivity contribution < 1.29 is 4.74 Å². The fraction of sp³-hybridized carbons (Fsp3) is 0.500. The topological polar surface area (TPSA) is 47.4 Å². The lowest BCUT2D eigenvalue weighted by molar-refractivity contribution is 0.290. The average molecular weight is 191 g/mol. The molecule has 1 aromatic heterocycles. The highest BCUT2D eigenvalue weighted by Crippen LogP contribution is 2.15. The Morgan fingerprint density at radius 3 is 2.64 bits per heavy atom. The fourth-order valence-corrected chi connectivity index (χ4v) is 1.26. The van der Waals surface area contributed by atoms with Crippen molar-refractivity contribution in [2.45, 2.75) is 19.9 Å². The molecule has 0 spiro atoms. The predicted molar refractivity (Wildman–Crippen MR) is 53.1 cm³/mol. The monoisotopic (exact) mass is 191 g/mol. The second-order valence-corrected chi connectivity index (χ2v) is 3.63. The third-order valence-electron chi connectivity index (χ3n) is 2.20. The molecule has 1 aliphatic rings. The molecule has 0 saturated heterocycles. The third-order valence-corrected chi connectivity index (χ3v) is 2.20. The Kier molecular flexibility index (Phi) is 2.43. The van der Waals surface area contributed by atoms with Gasteiger partial charge < -0.3 is 4.74 Å². The van der Waals surface area contributed by atoms with Gasteiger partial charge in [-0.05, 0) is 12.0 Å². The number of hydrogen-bond donors (Lipinski definition) is 0. The van der Waals surface area contributed by atoms with Crippen molar-refractivity contribution in [2.24, 2.45) is 10.9 Å². The summed E-state index contributed by atoms with van der Waals surface area (Å²) in [7, 11) is 0. The molecule has 74 valence electrons. The van der Waals surface area contributed by atoms with E-state index in [9.17, 15) is 0 Å². The molecule has 14 heavy (non-hydrogen) atoms. The van der Waals surface area contributed by atoms with Gasteiger partial charge in [0.15, 0.2) is 0 Å². The minimum atomic E-state index is 0.244. The highest BCUT2D eigenvalue weighted by atomic mass is 16.5. The van der Waals surface area contributed by atoms with E-state index < -0.39 is 0 Å². The molecule has 1 aliphatic heterocycles. The largest absolute Gasteiger partial charge is 0.473 e. The van der Waals surface area contributed by atoms with Crippen LogP contribution in [0, 0.1) is 5.92 Å². The van der Waals surface area contributed by atoms with Crippen LogP contribution >= 0.6 is 0 Å². The zero-order chi connectivity index (χ0) is 9.97. The van der Waals surface area contributed by atoms with E-state index in [-0.39, 0.29) is 6.04 Å². The molecular formula is C10H13N3O. The molecule has 2 heterocycles. The minimum Gasteiger partial charge on any atom is -0.473 e. The summed E-state index contributed by atoms with van der Waals surface area (Å²) < 4.78 is 5.44. The summed E-state index contributed by atoms with van der Waals surface area (Å²) in [6, 6.07) is 2.02. The van der Waals surface area contributed by atoms with Gasteiger partial charge in [-0.3, -0.25) is 0 Å². The summed E-state index contributed by atoms with van der Waals surface area (Å²) in [6.07, 6.45) is 3.38. The molecule has 0 bridgehead atoms. The first-order chi connectivity index (χ1) is 6.77. The molecule has 0 N–H and O–H groups in total. The van der Waals surface area contributed by atoms with Gasteiger partial charge in [0.05, 0.1) is 6.04 Å². The van der Waals surface area contributed by atoms with Crippen LogP contribution in [0.2, 0.25) is 0 Å². The second-order valence-electron chi connectivity index (χ2n) is 3.63. The highest BCUT2D eigenvalue weighted by molar-refractivity contribution is 5.91. The molecule has 0 fully saturated rings. The minimum absolute atomic E-state index is 0.244. The van der Waals surface area contributed by atoms with Gasteiger partial charge >= 0.3 is 0 Å². The molecule has 0 aromatic carbocycles. The first-order valence-corrected chi connectivity index (χ1v) is 4.75. The summed E-state index contributed by atoms with van der Waals surface area (Å²) in [5, 5.41) is 0. The molecule has 0 amide bonds. The van der Waals surface area contributed by atoms with Crippen molar-refractivity contribution in [3.63, 3.8) is 0 Å². The van der Waals surface area contributed by atoms with E-state index in [0.717, 1.165) is 0 Å². The number of aliphatic imine (C=N–C) groups is 1. The van der Waals surface area contributed by atoms with Crippen LogP contribution in [0.25, 0.3) is 0 Å². The van der Waals surface area contributed by atoms with Gasteiger partial charge in [0.25, 0.3) is 5.90 Å². The number of rotatable bonds is 2. The standard InChI is InChI=1S/C10H13N3O/c1-7(2)8-6-14-10(13-8)9-11-4-3-5-12-9/h3-5,7-8H,6H2,1-2H3/t8-/m1/s1. The Labute approximate surface area is 83.1 Å². The van der Waals surface area contributed by atoms with Crippen LogP contribution < -0.4 is 0 Å². The summed E-state index contributed by atoms with van der Waals surface area (Å²) in [6.45, 7) is 4.91. The van der Waals surface area contributed by atoms with E-state index in [2.05, 4.69) is 28.8 Å². The van der Waals surface area contributed by atoms with Crippen molar-refractivity contribution in [1.29, 1.82) is 0 Å². The van der Waals surface area contributed by atoms with Gasteiger partial charge in [-0.15, -0.1) is 0 Å². The zero-order valence-electron chi connectivity index (χ0n) is 8.34.